The van der Waals surface area contributed by atoms with Crippen LogP contribution in [0.15, 0.2) is 29.4 Å². The van der Waals surface area contributed by atoms with E-state index in [1.807, 2.05) is 19.2 Å². The molecule has 1 saturated heterocycles. The van der Waals surface area contributed by atoms with Crippen LogP contribution in [0.1, 0.15) is 29.8 Å². The maximum atomic E-state index is 12.9. The molecule has 2 aromatic heterocycles. The van der Waals surface area contributed by atoms with Crippen molar-refractivity contribution in [1.29, 1.82) is 0 Å². The van der Waals surface area contributed by atoms with Gasteiger partial charge in [0, 0.05) is 38.2 Å². The molecule has 1 fully saturated rings. The first-order chi connectivity index (χ1) is 11.4. The molecule has 2 aromatic rings. The lowest BCUT2D eigenvalue weighted by atomic mass is 9.93. The number of sulfonamides is 1. The van der Waals surface area contributed by atoms with Crippen molar-refractivity contribution >= 4 is 10.0 Å². The molecule has 0 unspecified atom stereocenters. The van der Waals surface area contributed by atoms with E-state index in [0.29, 0.717) is 29.6 Å². The molecule has 0 radical (unpaired) electrons. The molecular weight excluding hydrogens is 324 g/mol. The van der Waals surface area contributed by atoms with E-state index < -0.39 is 10.0 Å². The topological polar surface area (TPSA) is 68.1 Å². The summed E-state index contributed by atoms with van der Waals surface area (Å²) in [6, 6.07) is 4.09. The van der Waals surface area contributed by atoms with Gasteiger partial charge in [-0.1, -0.05) is 6.07 Å². The highest BCUT2D eigenvalue weighted by Gasteiger charge is 2.32. The molecule has 1 aliphatic rings. The van der Waals surface area contributed by atoms with Crippen molar-refractivity contribution in [2.75, 3.05) is 13.1 Å². The fraction of sp³-hybridized carbons (Fsp3) is 0.529. The average Bonchev–Trinajstić information content (AvgIpc) is 2.89. The van der Waals surface area contributed by atoms with Gasteiger partial charge in [0.1, 0.15) is 4.90 Å². The molecule has 24 heavy (non-hydrogen) atoms. The van der Waals surface area contributed by atoms with Crippen LogP contribution in [0.5, 0.6) is 0 Å². The van der Waals surface area contributed by atoms with E-state index in [1.165, 1.54) is 5.56 Å². The van der Waals surface area contributed by atoms with Crippen LogP contribution in [0.25, 0.3) is 0 Å². The fourth-order valence-electron chi connectivity index (χ4n) is 3.33. The van der Waals surface area contributed by atoms with Crippen LogP contribution in [0, 0.1) is 19.8 Å². The number of nitrogens with zero attached hydrogens (tertiary/aromatic N) is 4. The molecule has 7 heteroatoms. The van der Waals surface area contributed by atoms with Gasteiger partial charge in [0.2, 0.25) is 10.0 Å². The molecule has 0 spiro atoms. The first-order valence-electron chi connectivity index (χ1n) is 8.28. The predicted molar refractivity (Wildman–Crippen MR) is 92.1 cm³/mol. The summed E-state index contributed by atoms with van der Waals surface area (Å²) in [7, 11) is -1.72. The Hall–Kier alpha value is -1.73. The molecule has 0 bridgehead atoms. The number of piperidine rings is 1. The Balaban J connectivity index is 1.75. The van der Waals surface area contributed by atoms with Crippen LogP contribution in [-0.4, -0.2) is 40.6 Å². The van der Waals surface area contributed by atoms with Crippen molar-refractivity contribution in [3.8, 4) is 0 Å². The van der Waals surface area contributed by atoms with E-state index in [0.717, 1.165) is 25.0 Å². The van der Waals surface area contributed by atoms with E-state index in [1.54, 1.807) is 29.2 Å². The number of aryl methyl sites for hydroxylation is 3. The van der Waals surface area contributed by atoms with Gasteiger partial charge in [-0.2, -0.15) is 9.40 Å². The highest BCUT2D eigenvalue weighted by Crippen LogP contribution is 2.27. The van der Waals surface area contributed by atoms with Gasteiger partial charge < -0.3 is 0 Å². The van der Waals surface area contributed by atoms with E-state index in [-0.39, 0.29) is 0 Å². The number of aromatic nitrogens is 3. The van der Waals surface area contributed by atoms with Crippen molar-refractivity contribution in [3.05, 3.63) is 41.5 Å². The Morgan fingerprint density at radius 2 is 2.08 bits per heavy atom. The Morgan fingerprint density at radius 3 is 2.71 bits per heavy atom. The summed E-state index contributed by atoms with van der Waals surface area (Å²) in [6.07, 6.45) is 6.30. The van der Waals surface area contributed by atoms with Crippen molar-refractivity contribution in [3.63, 3.8) is 0 Å². The molecule has 0 aromatic carbocycles. The van der Waals surface area contributed by atoms with Gasteiger partial charge in [-0.3, -0.25) is 9.67 Å². The zero-order valence-corrected chi connectivity index (χ0v) is 15.3. The standard InChI is InChI=1S/C17H24N4O2S/c1-13-6-7-15(10-18-13)9-16-5-4-8-21(11-16)24(22,23)17-12-20(3)19-14(17)2/h6-7,10,12,16H,4-5,8-9,11H2,1-3H3/t16-/m1/s1. The second-order valence-corrected chi connectivity index (χ2v) is 8.54. The van der Waals surface area contributed by atoms with Gasteiger partial charge in [-0.05, 0) is 50.7 Å². The summed E-state index contributed by atoms with van der Waals surface area (Å²) in [5.41, 5.74) is 2.73. The number of hydrogen-bond donors (Lipinski definition) is 0. The summed E-state index contributed by atoms with van der Waals surface area (Å²) in [5.74, 6) is 0.329. The Kier molecular flexibility index (Phi) is 4.73. The molecule has 0 aliphatic carbocycles. The van der Waals surface area contributed by atoms with E-state index in [2.05, 4.69) is 16.1 Å². The number of pyridine rings is 1. The summed E-state index contributed by atoms with van der Waals surface area (Å²) >= 11 is 0. The van der Waals surface area contributed by atoms with E-state index >= 15 is 0 Å². The summed E-state index contributed by atoms with van der Waals surface area (Å²) in [5, 5.41) is 4.17. The van der Waals surface area contributed by atoms with Gasteiger partial charge in [0.15, 0.2) is 0 Å². The van der Waals surface area contributed by atoms with Gasteiger partial charge in [-0.15, -0.1) is 0 Å². The predicted octanol–water partition coefficient (Wildman–Crippen LogP) is 2.08. The molecule has 0 saturated carbocycles. The quantitative estimate of drug-likeness (QED) is 0.848. The normalized spacial score (nSPS) is 19.5. The second-order valence-electron chi connectivity index (χ2n) is 6.64. The lowest BCUT2D eigenvalue weighted by Crippen LogP contribution is -2.40. The minimum Gasteiger partial charge on any atom is -0.274 e. The Bertz CT molecular complexity index is 812. The Morgan fingerprint density at radius 1 is 1.29 bits per heavy atom. The molecule has 0 amide bonds. The molecule has 3 rings (SSSR count). The average molecular weight is 348 g/mol. The molecule has 0 N–H and O–H groups in total. The monoisotopic (exact) mass is 348 g/mol. The zero-order valence-electron chi connectivity index (χ0n) is 14.4. The van der Waals surface area contributed by atoms with Crippen molar-refractivity contribution in [1.82, 2.24) is 19.1 Å². The van der Waals surface area contributed by atoms with Crippen molar-refractivity contribution in [2.45, 2.75) is 38.0 Å². The van der Waals surface area contributed by atoms with Gasteiger partial charge >= 0.3 is 0 Å². The summed E-state index contributed by atoms with van der Waals surface area (Å²) < 4.78 is 29.0. The largest absolute Gasteiger partial charge is 0.274 e. The molecule has 130 valence electrons. The van der Waals surface area contributed by atoms with Gasteiger partial charge in [0.05, 0.1) is 5.69 Å². The zero-order chi connectivity index (χ0) is 17.3. The maximum absolute atomic E-state index is 12.9. The van der Waals surface area contributed by atoms with Crippen LogP contribution in [0.3, 0.4) is 0 Å². The van der Waals surface area contributed by atoms with E-state index in [9.17, 15) is 8.42 Å². The molecule has 3 heterocycles. The minimum absolute atomic E-state index is 0.322. The number of rotatable bonds is 4. The maximum Gasteiger partial charge on any atom is 0.246 e. The Labute approximate surface area is 143 Å². The molecular formula is C17H24N4O2S. The third-order valence-corrected chi connectivity index (χ3v) is 6.53. The van der Waals surface area contributed by atoms with Crippen LogP contribution in [0.4, 0.5) is 0 Å². The third kappa shape index (κ3) is 3.52. The first-order valence-corrected chi connectivity index (χ1v) is 9.72. The fourth-order valence-corrected chi connectivity index (χ4v) is 5.09. The van der Waals surface area contributed by atoms with Crippen LogP contribution < -0.4 is 0 Å². The minimum atomic E-state index is -3.47. The van der Waals surface area contributed by atoms with Crippen LogP contribution in [0.2, 0.25) is 0 Å². The van der Waals surface area contributed by atoms with Crippen molar-refractivity contribution < 1.29 is 8.42 Å². The molecule has 1 aliphatic heterocycles. The lowest BCUT2D eigenvalue weighted by molar-refractivity contribution is 0.265. The summed E-state index contributed by atoms with van der Waals surface area (Å²) in [4.78, 5) is 4.65. The van der Waals surface area contributed by atoms with E-state index in [4.69, 9.17) is 0 Å². The van der Waals surface area contributed by atoms with Gasteiger partial charge in [-0.25, -0.2) is 8.42 Å². The van der Waals surface area contributed by atoms with Crippen LogP contribution >= 0.6 is 0 Å². The first kappa shape index (κ1) is 17.1. The third-order valence-electron chi connectivity index (χ3n) is 4.56. The summed E-state index contributed by atoms with van der Waals surface area (Å²) in [6.45, 7) is 4.85. The molecule has 6 nitrogen and oxygen atoms in total. The van der Waals surface area contributed by atoms with Crippen LogP contribution in [-0.2, 0) is 23.5 Å². The lowest BCUT2D eigenvalue weighted by Gasteiger charge is -2.31. The second kappa shape index (κ2) is 6.64. The highest BCUT2D eigenvalue weighted by molar-refractivity contribution is 7.89. The van der Waals surface area contributed by atoms with Crippen molar-refractivity contribution in [2.24, 2.45) is 13.0 Å². The number of hydrogen-bond acceptors (Lipinski definition) is 4. The van der Waals surface area contributed by atoms with Gasteiger partial charge in [0.25, 0.3) is 0 Å². The smallest absolute Gasteiger partial charge is 0.246 e. The highest BCUT2D eigenvalue weighted by atomic mass is 32.2. The SMILES string of the molecule is Cc1ccc(C[C@H]2CCCN(S(=O)(=O)c3cn(C)nc3C)C2)cn1. The molecule has 1 atom stereocenters.